The number of hydrogen-bond acceptors (Lipinski definition) is 5. The Morgan fingerprint density at radius 2 is 2.12 bits per heavy atom. The molecule has 122 valence electrons. The fourth-order valence-electron chi connectivity index (χ4n) is 2.22. The number of thioether (sulfide) groups is 1. The van der Waals surface area contributed by atoms with E-state index in [-0.39, 0.29) is 5.91 Å². The van der Waals surface area contributed by atoms with E-state index in [0.717, 1.165) is 5.56 Å². The molecular formula is C18H15NO3S2. The highest BCUT2D eigenvalue weighted by atomic mass is 32.2. The van der Waals surface area contributed by atoms with Gasteiger partial charge in [0, 0.05) is 5.56 Å². The molecule has 4 nitrogen and oxygen atoms in total. The smallest absolute Gasteiger partial charge is 0.266 e. The van der Waals surface area contributed by atoms with Crippen LogP contribution in [0.25, 0.3) is 6.08 Å². The van der Waals surface area contributed by atoms with Crippen LogP contribution in [0, 0.1) is 0 Å². The number of thiocarbonyl (C=S) groups is 1. The first-order valence-corrected chi connectivity index (χ1v) is 8.52. The van der Waals surface area contributed by atoms with Crippen molar-refractivity contribution in [2.75, 3.05) is 6.61 Å². The van der Waals surface area contributed by atoms with Crippen LogP contribution in [-0.4, -0.2) is 21.7 Å². The van der Waals surface area contributed by atoms with Crippen molar-refractivity contribution < 1.29 is 13.9 Å². The molecule has 1 aliphatic heterocycles. The van der Waals surface area contributed by atoms with Gasteiger partial charge in [-0.15, -0.1) is 0 Å². The van der Waals surface area contributed by atoms with Crippen molar-refractivity contribution in [3.63, 3.8) is 0 Å². The van der Waals surface area contributed by atoms with Crippen LogP contribution in [0.3, 0.4) is 0 Å². The molecule has 1 aromatic carbocycles. The molecule has 2 heterocycles. The summed E-state index contributed by atoms with van der Waals surface area (Å²) < 4.78 is 11.4. The van der Waals surface area contributed by atoms with Gasteiger partial charge in [-0.25, -0.2) is 0 Å². The maximum absolute atomic E-state index is 12.6. The van der Waals surface area contributed by atoms with E-state index in [1.54, 1.807) is 24.5 Å². The van der Waals surface area contributed by atoms with Gasteiger partial charge in [0.25, 0.3) is 5.91 Å². The molecule has 2 aromatic rings. The molecule has 6 heteroatoms. The van der Waals surface area contributed by atoms with Gasteiger partial charge in [0.05, 0.1) is 17.7 Å². The Labute approximate surface area is 149 Å². The molecule has 0 aliphatic carbocycles. The average Bonchev–Trinajstić information content (AvgIpc) is 3.18. The second-order valence-electron chi connectivity index (χ2n) is 4.98. The largest absolute Gasteiger partial charge is 0.489 e. The molecular weight excluding hydrogens is 342 g/mol. The van der Waals surface area contributed by atoms with Crippen LogP contribution < -0.4 is 4.74 Å². The lowest BCUT2D eigenvalue weighted by Gasteiger charge is -2.12. The Bertz CT molecular complexity index is 796. The van der Waals surface area contributed by atoms with Gasteiger partial charge in [-0.05, 0) is 24.3 Å². The van der Waals surface area contributed by atoms with Crippen LogP contribution in [0.1, 0.15) is 11.3 Å². The Balaban J connectivity index is 1.82. The van der Waals surface area contributed by atoms with E-state index in [1.807, 2.05) is 30.3 Å². The number of para-hydroxylation sites is 1. The fourth-order valence-corrected chi connectivity index (χ4v) is 3.46. The van der Waals surface area contributed by atoms with Gasteiger partial charge < -0.3 is 9.15 Å². The lowest BCUT2D eigenvalue weighted by atomic mass is 10.2. The molecule has 1 saturated heterocycles. The second kappa shape index (κ2) is 7.51. The van der Waals surface area contributed by atoms with Crippen LogP contribution in [0.15, 0.2) is 64.6 Å². The number of benzene rings is 1. The van der Waals surface area contributed by atoms with Crippen molar-refractivity contribution >= 4 is 40.3 Å². The molecule has 0 saturated carbocycles. The first-order valence-electron chi connectivity index (χ1n) is 7.29. The lowest BCUT2D eigenvalue weighted by Crippen LogP contribution is -2.27. The Morgan fingerprint density at radius 1 is 1.29 bits per heavy atom. The summed E-state index contributed by atoms with van der Waals surface area (Å²) >= 11 is 6.61. The summed E-state index contributed by atoms with van der Waals surface area (Å²) in [4.78, 5) is 14.7. The minimum absolute atomic E-state index is 0.125. The number of hydrogen-bond donors (Lipinski definition) is 0. The third-order valence-electron chi connectivity index (χ3n) is 3.33. The number of nitrogens with zero attached hydrogens (tertiary/aromatic N) is 1. The van der Waals surface area contributed by atoms with E-state index >= 15 is 0 Å². The molecule has 0 bridgehead atoms. The number of carbonyl (C=O) groups excluding carboxylic acids is 1. The highest BCUT2D eigenvalue weighted by molar-refractivity contribution is 8.26. The highest BCUT2D eigenvalue weighted by Crippen LogP contribution is 2.35. The van der Waals surface area contributed by atoms with Crippen molar-refractivity contribution in [3.8, 4) is 5.75 Å². The molecule has 3 rings (SSSR count). The molecule has 0 unspecified atom stereocenters. The highest BCUT2D eigenvalue weighted by Gasteiger charge is 2.32. The zero-order chi connectivity index (χ0) is 16.9. The van der Waals surface area contributed by atoms with Crippen LogP contribution in [0.2, 0.25) is 0 Å². The predicted octanol–water partition coefficient (Wildman–Crippen LogP) is 4.25. The van der Waals surface area contributed by atoms with E-state index in [0.29, 0.717) is 33.9 Å². The van der Waals surface area contributed by atoms with Crippen LogP contribution in [0.5, 0.6) is 5.75 Å². The Kier molecular flexibility index (Phi) is 5.17. The Hall–Kier alpha value is -2.31. The monoisotopic (exact) mass is 357 g/mol. The van der Waals surface area contributed by atoms with Crippen molar-refractivity contribution in [2.45, 2.75) is 6.54 Å². The minimum Gasteiger partial charge on any atom is -0.489 e. The molecule has 1 fully saturated rings. The molecule has 1 amide bonds. The summed E-state index contributed by atoms with van der Waals surface area (Å²) in [6.45, 7) is 4.39. The average molecular weight is 357 g/mol. The van der Waals surface area contributed by atoms with Gasteiger partial charge in [0.1, 0.15) is 22.4 Å². The molecule has 0 atom stereocenters. The van der Waals surface area contributed by atoms with E-state index in [2.05, 4.69) is 6.58 Å². The maximum atomic E-state index is 12.6. The minimum atomic E-state index is -0.125. The number of amides is 1. The van der Waals surface area contributed by atoms with Crippen molar-refractivity contribution in [1.29, 1.82) is 0 Å². The fraction of sp³-hybridized carbons (Fsp3) is 0.111. The first-order chi connectivity index (χ1) is 11.7. The Morgan fingerprint density at radius 3 is 2.88 bits per heavy atom. The lowest BCUT2D eigenvalue weighted by molar-refractivity contribution is -0.122. The van der Waals surface area contributed by atoms with Crippen LogP contribution in [-0.2, 0) is 11.3 Å². The third kappa shape index (κ3) is 3.60. The molecule has 1 aliphatic rings. The molecule has 1 aromatic heterocycles. The predicted molar refractivity (Wildman–Crippen MR) is 99.6 cm³/mol. The van der Waals surface area contributed by atoms with Crippen LogP contribution >= 0.6 is 24.0 Å². The standard InChI is InChI=1S/C18H15NO3S2/c1-2-9-22-15-8-4-3-6-13(15)11-16-17(20)19(18(23)24-16)12-14-7-5-10-21-14/h2-8,10-11H,1,9,12H2. The molecule has 0 radical (unpaired) electrons. The van der Waals surface area contributed by atoms with Gasteiger partial charge in [-0.1, -0.05) is 54.8 Å². The maximum Gasteiger partial charge on any atom is 0.266 e. The second-order valence-corrected chi connectivity index (χ2v) is 6.66. The van der Waals surface area contributed by atoms with E-state index in [9.17, 15) is 4.79 Å². The molecule has 0 spiro atoms. The SMILES string of the molecule is C=CCOc1ccccc1C=C1SC(=S)N(Cc2ccco2)C1=O. The summed E-state index contributed by atoms with van der Waals surface area (Å²) in [5, 5.41) is 0. The van der Waals surface area contributed by atoms with Crippen molar-refractivity contribution in [1.82, 2.24) is 4.90 Å². The van der Waals surface area contributed by atoms with Crippen molar-refractivity contribution in [2.24, 2.45) is 0 Å². The van der Waals surface area contributed by atoms with Gasteiger partial charge in [0.2, 0.25) is 0 Å². The van der Waals surface area contributed by atoms with Gasteiger partial charge in [0.15, 0.2) is 0 Å². The first kappa shape index (κ1) is 16.5. The third-order valence-corrected chi connectivity index (χ3v) is 4.71. The number of carbonyl (C=O) groups is 1. The summed E-state index contributed by atoms with van der Waals surface area (Å²) in [7, 11) is 0. The van der Waals surface area contributed by atoms with Gasteiger partial charge in [-0.3, -0.25) is 9.69 Å². The summed E-state index contributed by atoms with van der Waals surface area (Å²) in [5.74, 6) is 1.27. The summed E-state index contributed by atoms with van der Waals surface area (Å²) in [6, 6.07) is 11.2. The molecule has 0 N–H and O–H groups in total. The topological polar surface area (TPSA) is 42.7 Å². The zero-order valence-electron chi connectivity index (χ0n) is 12.8. The van der Waals surface area contributed by atoms with Gasteiger partial charge in [-0.2, -0.15) is 0 Å². The van der Waals surface area contributed by atoms with E-state index in [1.165, 1.54) is 16.7 Å². The zero-order valence-corrected chi connectivity index (χ0v) is 14.4. The van der Waals surface area contributed by atoms with Gasteiger partial charge >= 0.3 is 0 Å². The summed E-state index contributed by atoms with van der Waals surface area (Å²) in [5.41, 5.74) is 0.831. The normalized spacial score (nSPS) is 16.0. The van der Waals surface area contributed by atoms with E-state index < -0.39 is 0 Å². The quantitative estimate of drug-likeness (QED) is 0.439. The van der Waals surface area contributed by atoms with Crippen molar-refractivity contribution in [3.05, 3.63) is 71.5 Å². The van der Waals surface area contributed by atoms with Crippen LogP contribution in [0.4, 0.5) is 0 Å². The molecule has 24 heavy (non-hydrogen) atoms. The number of rotatable bonds is 6. The summed E-state index contributed by atoms with van der Waals surface area (Å²) in [6.07, 6.45) is 5.06. The van der Waals surface area contributed by atoms with E-state index in [4.69, 9.17) is 21.4 Å². The number of furan rings is 1. The number of ether oxygens (including phenoxy) is 1.